The lowest BCUT2D eigenvalue weighted by Crippen LogP contribution is -2.28. The highest BCUT2D eigenvalue weighted by Gasteiger charge is 2.12. The number of anilines is 2. The maximum absolute atomic E-state index is 12.6. The summed E-state index contributed by atoms with van der Waals surface area (Å²) in [5.74, 6) is -0.0625. The van der Waals surface area contributed by atoms with Crippen molar-refractivity contribution < 1.29 is 15.0 Å². The molecule has 0 fully saturated rings. The minimum absolute atomic E-state index is 0.0625. The van der Waals surface area contributed by atoms with E-state index in [4.69, 9.17) is 0 Å². The Balaban J connectivity index is 2.17. The van der Waals surface area contributed by atoms with Crippen LogP contribution in [0.5, 0.6) is 0 Å². The molecule has 0 aliphatic rings. The van der Waals surface area contributed by atoms with Crippen molar-refractivity contribution in [2.24, 2.45) is 0 Å². The van der Waals surface area contributed by atoms with E-state index in [-0.39, 0.29) is 5.78 Å². The molecule has 2 atom stereocenters. The Morgan fingerprint density at radius 2 is 1.04 bits per heavy atom. The first kappa shape index (κ1) is 18.0. The van der Waals surface area contributed by atoms with Crippen LogP contribution in [0.1, 0.15) is 29.8 Å². The van der Waals surface area contributed by atoms with Gasteiger partial charge in [0.05, 0.1) is 0 Å². The highest BCUT2D eigenvalue weighted by molar-refractivity contribution is 6.09. The summed E-state index contributed by atoms with van der Waals surface area (Å²) in [6.07, 6.45) is -1.19. The molecule has 2 aromatic carbocycles. The van der Waals surface area contributed by atoms with Gasteiger partial charge in [0.15, 0.2) is 5.78 Å². The maximum atomic E-state index is 12.6. The van der Waals surface area contributed by atoms with Gasteiger partial charge in [0.2, 0.25) is 0 Å². The number of hydrogen-bond acceptors (Lipinski definition) is 5. The van der Waals surface area contributed by atoms with Gasteiger partial charge in [0, 0.05) is 36.6 Å². The van der Waals surface area contributed by atoms with Crippen LogP contribution in [0.15, 0.2) is 48.5 Å². The van der Waals surface area contributed by atoms with Crippen LogP contribution in [-0.4, -0.2) is 42.5 Å². The molecule has 0 amide bonds. The Bertz CT molecular complexity index is 619. The quantitative estimate of drug-likeness (QED) is 0.630. The molecule has 2 aromatic rings. The lowest BCUT2D eigenvalue weighted by Gasteiger charge is -2.23. The predicted molar refractivity (Wildman–Crippen MR) is 96.5 cm³/mol. The van der Waals surface area contributed by atoms with Crippen LogP contribution < -0.4 is 9.80 Å². The molecule has 0 spiro atoms. The van der Waals surface area contributed by atoms with Crippen molar-refractivity contribution in [2.75, 3.05) is 23.9 Å². The van der Waals surface area contributed by atoms with Gasteiger partial charge in [-0.1, -0.05) is 0 Å². The number of benzene rings is 2. The summed E-state index contributed by atoms with van der Waals surface area (Å²) in [6, 6.07) is 14.3. The SMILES string of the molecule is CC(O)N(C)c1ccc(C(=O)c2ccc(N(C)C(C)O)cc2)cc1. The fourth-order valence-electron chi connectivity index (χ4n) is 2.29. The third-order valence-electron chi connectivity index (χ3n) is 4.19. The van der Waals surface area contributed by atoms with E-state index < -0.39 is 12.5 Å². The maximum Gasteiger partial charge on any atom is 0.193 e. The zero-order chi connectivity index (χ0) is 17.9. The van der Waals surface area contributed by atoms with Gasteiger partial charge in [-0.05, 0) is 62.4 Å². The van der Waals surface area contributed by atoms with Crippen LogP contribution in [0, 0.1) is 0 Å². The number of rotatable bonds is 6. The molecule has 5 nitrogen and oxygen atoms in total. The van der Waals surface area contributed by atoms with Gasteiger partial charge in [0.25, 0.3) is 0 Å². The second kappa shape index (κ2) is 7.47. The average molecular weight is 328 g/mol. The zero-order valence-electron chi connectivity index (χ0n) is 14.5. The number of nitrogens with zero attached hydrogens (tertiary/aromatic N) is 2. The lowest BCUT2D eigenvalue weighted by molar-refractivity contribution is 0.103. The minimum atomic E-state index is -0.593. The van der Waals surface area contributed by atoms with E-state index in [0.717, 1.165) is 11.4 Å². The molecule has 128 valence electrons. The van der Waals surface area contributed by atoms with Gasteiger partial charge in [-0.25, -0.2) is 0 Å². The van der Waals surface area contributed by atoms with Crippen molar-refractivity contribution in [2.45, 2.75) is 26.3 Å². The van der Waals surface area contributed by atoms with Crippen molar-refractivity contribution in [3.63, 3.8) is 0 Å². The smallest absolute Gasteiger partial charge is 0.193 e. The van der Waals surface area contributed by atoms with Crippen LogP contribution >= 0.6 is 0 Å². The largest absolute Gasteiger partial charge is 0.374 e. The lowest BCUT2D eigenvalue weighted by atomic mass is 10.0. The van der Waals surface area contributed by atoms with Gasteiger partial charge in [0.1, 0.15) is 12.5 Å². The third-order valence-corrected chi connectivity index (χ3v) is 4.19. The van der Waals surface area contributed by atoms with Crippen LogP contribution in [0.2, 0.25) is 0 Å². The van der Waals surface area contributed by atoms with Gasteiger partial charge in [-0.3, -0.25) is 4.79 Å². The normalized spacial score (nSPS) is 13.2. The Hall–Kier alpha value is -2.37. The van der Waals surface area contributed by atoms with Gasteiger partial charge >= 0.3 is 0 Å². The molecule has 24 heavy (non-hydrogen) atoms. The van der Waals surface area contributed by atoms with Crippen molar-refractivity contribution in [3.8, 4) is 0 Å². The van der Waals surface area contributed by atoms with Crippen molar-refractivity contribution >= 4 is 17.2 Å². The molecule has 5 heteroatoms. The Labute approximate surface area is 142 Å². The van der Waals surface area contributed by atoms with Crippen LogP contribution in [0.3, 0.4) is 0 Å². The average Bonchev–Trinajstić information content (AvgIpc) is 2.60. The van der Waals surface area contributed by atoms with E-state index in [1.54, 1.807) is 62.0 Å². The topological polar surface area (TPSA) is 64.0 Å². The first-order valence-corrected chi connectivity index (χ1v) is 7.88. The monoisotopic (exact) mass is 328 g/mol. The molecular weight excluding hydrogens is 304 g/mol. The summed E-state index contributed by atoms with van der Waals surface area (Å²) in [7, 11) is 3.58. The Kier molecular flexibility index (Phi) is 5.59. The number of aliphatic hydroxyl groups excluding tert-OH is 2. The highest BCUT2D eigenvalue weighted by atomic mass is 16.3. The molecule has 0 saturated heterocycles. The number of carbonyl (C=O) groups is 1. The summed E-state index contributed by atoms with van der Waals surface area (Å²) < 4.78 is 0. The van der Waals surface area contributed by atoms with E-state index >= 15 is 0 Å². The minimum Gasteiger partial charge on any atom is -0.374 e. The van der Waals surface area contributed by atoms with Crippen LogP contribution in [-0.2, 0) is 0 Å². The molecule has 0 aromatic heterocycles. The number of aliphatic hydroxyl groups is 2. The summed E-state index contributed by atoms with van der Waals surface area (Å²) >= 11 is 0. The summed E-state index contributed by atoms with van der Waals surface area (Å²) in [5.41, 5.74) is 2.87. The molecule has 2 rings (SSSR count). The highest BCUT2D eigenvalue weighted by Crippen LogP contribution is 2.20. The van der Waals surface area contributed by atoms with E-state index in [2.05, 4.69) is 0 Å². The summed E-state index contributed by atoms with van der Waals surface area (Å²) in [6.45, 7) is 3.37. The number of ketones is 1. The fourth-order valence-corrected chi connectivity index (χ4v) is 2.29. The molecule has 0 aliphatic heterocycles. The van der Waals surface area contributed by atoms with E-state index in [9.17, 15) is 15.0 Å². The van der Waals surface area contributed by atoms with E-state index in [0.29, 0.717) is 11.1 Å². The standard InChI is InChI=1S/C19H24N2O3/c1-13(22)20(3)17-9-5-15(6-10-17)19(24)16-7-11-18(12-8-16)21(4)14(2)23/h5-14,22-23H,1-4H3. The number of hydrogen-bond donors (Lipinski definition) is 2. The molecule has 0 radical (unpaired) electrons. The first-order valence-electron chi connectivity index (χ1n) is 7.88. The number of carbonyl (C=O) groups excluding carboxylic acids is 1. The van der Waals surface area contributed by atoms with Crippen molar-refractivity contribution in [1.29, 1.82) is 0 Å². The predicted octanol–water partition coefficient (Wildman–Crippen LogP) is 2.47. The van der Waals surface area contributed by atoms with Gasteiger partial charge in [-0.2, -0.15) is 0 Å². The summed E-state index contributed by atoms with van der Waals surface area (Å²) in [5, 5.41) is 19.2. The molecule has 0 aliphatic carbocycles. The molecular formula is C19H24N2O3. The van der Waals surface area contributed by atoms with Crippen LogP contribution in [0.4, 0.5) is 11.4 Å². The Morgan fingerprint density at radius 3 is 1.29 bits per heavy atom. The third kappa shape index (κ3) is 3.93. The second-order valence-electron chi connectivity index (χ2n) is 5.91. The van der Waals surface area contributed by atoms with Crippen molar-refractivity contribution in [3.05, 3.63) is 59.7 Å². The molecule has 0 heterocycles. The van der Waals surface area contributed by atoms with E-state index in [1.165, 1.54) is 0 Å². The fraction of sp³-hybridized carbons (Fsp3) is 0.316. The Morgan fingerprint density at radius 1 is 0.750 bits per heavy atom. The summed E-state index contributed by atoms with van der Waals surface area (Å²) in [4.78, 5) is 16.0. The molecule has 2 N–H and O–H groups in total. The molecule has 2 unspecified atom stereocenters. The van der Waals surface area contributed by atoms with Crippen molar-refractivity contribution in [1.82, 2.24) is 0 Å². The second-order valence-corrected chi connectivity index (χ2v) is 5.91. The van der Waals surface area contributed by atoms with E-state index in [1.807, 2.05) is 24.3 Å². The zero-order valence-corrected chi connectivity index (χ0v) is 14.5. The van der Waals surface area contributed by atoms with Gasteiger partial charge in [-0.15, -0.1) is 0 Å². The van der Waals surface area contributed by atoms with Gasteiger partial charge < -0.3 is 20.0 Å². The first-order chi connectivity index (χ1) is 11.3. The molecule has 0 saturated carbocycles. The molecule has 0 bridgehead atoms. The van der Waals surface area contributed by atoms with Crippen LogP contribution in [0.25, 0.3) is 0 Å².